The molecule has 0 spiro atoms. The van der Waals surface area contributed by atoms with Gasteiger partial charge >= 0.3 is 6.03 Å². The average Bonchev–Trinajstić information content (AvgIpc) is 2.57. The number of ether oxygens (including phenoxy) is 1. The first-order valence-corrected chi connectivity index (χ1v) is 7.90. The van der Waals surface area contributed by atoms with Crippen LogP contribution in [0.1, 0.15) is 18.7 Å². The van der Waals surface area contributed by atoms with Gasteiger partial charge in [0.15, 0.2) is 0 Å². The molecule has 24 heavy (non-hydrogen) atoms. The van der Waals surface area contributed by atoms with Gasteiger partial charge in [-0.05, 0) is 57.4 Å². The van der Waals surface area contributed by atoms with Crippen molar-refractivity contribution < 1.29 is 9.53 Å². The number of nitrogens with zero attached hydrogens (tertiary/aromatic N) is 2. The molecule has 2 aromatic rings. The molecule has 1 unspecified atom stereocenters. The number of amides is 2. The molecule has 6 nitrogen and oxygen atoms in total. The molecular formula is C18H24N4O2. The predicted octanol–water partition coefficient (Wildman–Crippen LogP) is 2.90. The summed E-state index contributed by atoms with van der Waals surface area (Å²) < 4.78 is 5.62. The van der Waals surface area contributed by atoms with Crippen LogP contribution in [0.25, 0.3) is 0 Å². The quantitative estimate of drug-likeness (QED) is 0.820. The summed E-state index contributed by atoms with van der Waals surface area (Å²) >= 11 is 0. The average molecular weight is 328 g/mol. The van der Waals surface area contributed by atoms with Crippen molar-refractivity contribution in [2.75, 3.05) is 32.6 Å². The van der Waals surface area contributed by atoms with Gasteiger partial charge in [-0.3, -0.25) is 4.98 Å². The van der Waals surface area contributed by atoms with Gasteiger partial charge in [-0.1, -0.05) is 6.07 Å². The number of rotatable bonds is 7. The van der Waals surface area contributed by atoms with Crippen LogP contribution in [0.5, 0.6) is 5.75 Å². The number of nitrogens with one attached hydrogen (secondary N) is 2. The van der Waals surface area contributed by atoms with Crippen molar-refractivity contribution in [2.45, 2.75) is 13.0 Å². The third kappa shape index (κ3) is 5.89. The predicted molar refractivity (Wildman–Crippen MR) is 95.3 cm³/mol. The Morgan fingerprint density at radius 1 is 1.21 bits per heavy atom. The van der Waals surface area contributed by atoms with Crippen LogP contribution in [0.4, 0.5) is 10.5 Å². The number of anilines is 1. The van der Waals surface area contributed by atoms with Crippen LogP contribution in [-0.2, 0) is 0 Å². The number of urea groups is 1. The highest BCUT2D eigenvalue weighted by Gasteiger charge is 2.10. The summed E-state index contributed by atoms with van der Waals surface area (Å²) in [5.74, 6) is 0.782. The van der Waals surface area contributed by atoms with Crippen molar-refractivity contribution >= 4 is 11.7 Å². The molecule has 0 saturated heterocycles. The molecule has 128 valence electrons. The SMILES string of the molecule is CC(NC(=O)Nc1ccc(OCCN(C)C)cc1)c1ccccn1. The standard InChI is InChI=1S/C18H24N4O2/c1-14(17-6-4-5-11-19-17)20-18(23)21-15-7-9-16(10-8-15)24-13-12-22(2)3/h4-11,14H,12-13H2,1-3H3,(H2,20,21,23). The molecule has 0 saturated carbocycles. The number of benzene rings is 1. The molecule has 0 radical (unpaired) electrons. The molecule has 2 N–H and O–H groups in total. The Labute approximate surface area is 142 Å². The molecule has 0 aliphatic rings. The van der Waals surface area contributed by atoms with Crippen LogP contribution in [0.3, 0.4) is 0 Å². The fourth-order valence-corrected chi connectivity index (χ4v) is 2.05. The molecule has 2 amide bonds. The summed E-state index contributed by atoms with van der Waals surface area (Å²) in [6.07, 6.45) is 1.71. The van der Waals surface area contributed by atoms with Gasteiger partial charge in [0.05, 0.1) is 11.7 Å². The lowest BCUT2D eigenvalue weighted by Crippen LogP contribution is -2.31. The van der Waals surface area contributed by atoms with Crippen LogP contribution in [0.2, 0.25) is 0 Å². The molecule has 0 bridgehead atoms. The zero-order chi connectivity index (χ0) is 17.4. The van der Waals surface area contributed by atoms with Crippen molar-refractivity contribution in [1.29, 1.82) is 0 Å². The van der Waals surface area contributed by atoms with Crippen LogP contribution < -0.4 is 15.4 Å². The Balaban J connectivity index is 1.81. The minimum Gasteiger partial charge on any atom is -0.492 e. The lowest BCUT2D eigenvalue weighted by molar-refractivity contribution is 0.249. The molecular weight excluding hydrogens is 304 g/mol. The number of pyridine rings is 1. The molecule has 1 aromatic heterocycles. The second kappa shape index (κ2) is 8.88. The maximum atomic E-state index is 12.0. The summed E-state index contributed by atoms with van der Waals surface area (Å²) in [5, 5.41) is 5.66. The number of aromatic nitrogens is 1. The number of hydrogen-bond acceptors (Lipinski definition) is 4. The molecule has 0 aliphatic heterocycles. The first-order chi connectivity index (χ1) is 11.5. The molecule has 1 atom stereocenters. The molecule has 0 aliphatic carbocycles. The van der Waals surface area contributed by atoms with E-state index in [1.807, 2.05) is 63.5 Å². The Hall–Kier alpha value is -2.60. The summed E-state index contributed by atoms with van der Waals surface area (Å²) in [5.41, 5.74) is 1.53. The molecule has 1 heterocycles. The third-order valence-electron chi connectivity index (χ3n) is 3.40. The van der Waals surface area contributed by atoms with Gasteiger partial charge in [-0.2, -0.15) is 0 Å². The zero-order valence-corrected chi connectivity index (χ0v) is 14.3. The zero-order valence-electron chi connectivity index (χ0n) is 14.3. The van der Waals surface area contributed by atoms with E-state index in [-0.39, 0.29) is 12.1 Å². The van der Waals surface area contributed by atoms with Gasteiger partial charge in [-0.15, -0.1) is 0 Å². The van der Waals surface area contributed by atoms with Gasteiger partial charge < -0.3 is 20.3 Å². The van der Waals surface area contributed by atoms with Gasteiger partial charge in [0, 0.05) is 18.4 Å². The van der Waals surface area contributed by atoms with E-state index >= 15 is 0 Å². The van der Waals surface area contributed by atoms with Crippen LogP contribution in [-0.4, -0.2) is 43.2 Å². The van der Waals surface area contributed by atoms with Crippen molar-refractivity contribution in [1.82, 2.24) is 15.2 Å². The lowest BCUT2D eigenvalue weighted by Gasteiger charge is -2.14. The number of carbonyl (C=O) groups is 1. The second-order valence-corrected chi connectivity index (χ2v) is 5.75. The van der Waals surface area contributed by atoms with Crippen molar-refractivity contribution in [3.05, 3.63) is 54.4 Å². The first-order valence-electron chi connectivity index (χ1n) is 7.90. The molecule has 6 heteroatoms. The van der Waals surface area contributed by atoms with Crippen molar-refractivity contribution in [3.8, 4) is 5.75 Å². The van der Waals surface area contributed by atoms with E-state index in [2.05, 4.69) is 20.5 Å². The highest BCUT2D eigenvalue weighted by Crippen LogP contribution is 2.16. The van der Waals surface area contributed by atoms with Crippen molar-refractivity contribution in [2.24, 2.45) is 0 Å². The fraction of sp³-hybridized carbons (Fsp3) is 0.333. The summed E-state index contributed by atoms with van der Waals surface area (Å²) in [6.45, 7) is 3.37. The highest BCUT2D eigenvalue weighted by molar-refractivity contribution is 5.89. The third-order valence-corrected chi connectivity index (χ3v) is 3.40. The van der Waals surface area contributed by atoms with Gasteiger partial charge in [0.25, 0.3) is 0 Å². The molecule has 2 rings (SSSR count). The maximum absolute atomic E-state index is 12.0. The number of hydrogen-bond donors (Lipinski definition) is 2. The van der Waals surface area contributed by atoms with Crippen molar-refractivity contribution in [3.63, 3.8) is 0 Å². The fourth-order valence-electron chi connectivity index (χ4n) is 2.05. The van der Waals surface area contributed by atoms with Crippen LogP contribution in [0, 0.1) is 0 Å². The van der Waals surface area contributed by atoms with E-state index in [1.54, 1.807) is 6.20 Å². The first kappa shape index (κ1) is 17.7. The van der Waals surface area contributed by atoms with E-state index in [4.69, 9.17) is 4.74 Å². The maximum Gasteiger partial charge on any atom is 0.319 e. The lowest BCUT2D eigenvalue weighted by atomic mass is 10.2. The monoisotopic (exact) mass is 328 g/mol. The Bertz CT molecular complexity index is 629. The largest absolute Gasteiger partial charge is 0.492 e. The number of likely N-dealkylation sites (N-methyl/N-ethyl adjacent to an activating group) is 1. The van der Waals surface area contributed by atoms with Crippen LogP contribution in [0.15, 0.2) is 48.7 Å². The van der Waals surface area contributed by atoms with E-state index in [9.17, 15) is 4.79 Å². The summed E-state index contributed by atoms with van der Waals surface area (Å²) in [4.78, 5) is 18.3. The second-order valence-electron chi connectivity index (χ2n) is 5.75. The normalized spacial score (nSPS) is 11.8. The minimum absolute atomic E-state index is 0.167. The molecule has 0 fully saturated rings. The summed E-state index contributed by atoms with van der Waals surface area (Å²) in [7, 11) is 4.00. The molecule has 1 aromatic carbocycles. The van der Waals surface area contributed by atoms with E-state index in [1.165, 1.54) is 0 Å². The minimum atomic E-state index is -0.269. The smallest absolute Gasteiger partial charge is 0.319 e. The summed E-state index contributed by atoms with van der Waals surface area (Å²) in [6, 6.07) is 12.5. The van der Waals surface area contributed by atoms with Gasteiger partial charge in [0.1, 0.15) is 12.4 Å². The van der Waals surface area contributed by atoms with Gasteiger partial charge in [-0.25, -0.2) is 4.79 Å². The van der Waals surface area contributed by atoms with E-state index in [0.717, 1.165) is 18.0 Å². The van der Waals surface area contributed by atoms with Gasteiger partial charge in [0.2, 0.25) is 0 Å². The topological polar surface area (TPSA) is 66.5 Å². The Kier molecular flexibility index (Phi) is 6.57. The van der Waals surface area contributed by atoms with E-state index in [0.29, 0.717) is 12.3 Å². The highest BCUT2D eigenvalue weighted by atomic mass is 16.5. The van der Waals surface area contributed by atoms with E-state index < -0.39 is 0 Å². The Morgan fingerprint density at radius 3 is 2.58 bits per heavy atom. The number of carbonyl (C=O) groups excluding carboxylic acids is 1. The Morgan fingerprint density at radius 2 is 1.96 bits per heavy atom. The van der Waals surface area contributed by atoms with Crippen LogP contribution >= 0.6 is 0 Å².